The van der Waals surface area contributed by atoms with Gasteiger partial charge in [-0.25, -0.2) is 0 Å². The van der Waals surface area contributed by atoms with Crippen molar-refractivity contribution in [1.29, 1.82) is 0 Å². The normalized spacial score (nSPS) is 20.6. The van der Waals surface area contributed by atoms with Crippen molar-refractivity contribution < 1.29 is 17.9 Å². The smallest absolute Gasteiger partial charge is 0.377 e. The fourth-order valence-corrected chi connectivity index (χ4v) is 1.98. The van der Waals surface area contributed by atoms with Crippen molar-refractivity contribution in [1.82, 2.24) is 15.1 Å². The minimum Gasteiger partial charge on any atom is -0.377 e. The van der Waals surface area contributed by atoms with Crippen LogP contribution in [0.1, 0.15) is 24.2 Å². The van der Waals surface area contributed by atoms with Gasteiger partial charge in [0.15, 0.2) is 5.69 Å². The lowest BCUT2D eigenvalue weighted by atomic mass is 10.2. The number of ether oxygens (including phenoxy) is 1. The zero-order valence-electron chi connectivity index (χ0n) is 10.1. The van der Waals surface area contributed by atoms with Gasteiger partial charge in [0.2, 0.25) is 0 Å². The minimum atomic E-state index is -4.38. The van der Waals surface area contributed by atoms with Gasteiger partial charge in [0.1, 0.15) is 0 Å². The number of hydrogen-bond acceptors (Lipinski definition) is 3. The highest BCUT2D eigenvalue weighted by Crippen LogP contribution is 2.28. The van der Waals surface area contributed by atoms with E-state index in [0.717, 1.165) is 25.5 Å². The van der Waals surface area contributed by atoms with Gasteiger partial charge >= 0.3 is 6.18 Å². The van der Waals surface area contributed by atoms with Crippen LogP contribution in [0.25, 0.3) is 0 Å². The largest absolute Gasteiger partial charge is 0.435 e. The second-order valence-electron chi connectivity index (χ2n) is 4.41. The first-order valence-corrected chi connectivity index (χ1v) is 5.89. The number of aryl methyl sites for hydroxylation is 1. The molecule has 0 spiro atoms. The number of halogens is 3. The monoisotopic (exact) mass is 263 g/mol. The van der Waals surface area contributed by atoms with E-state index in [1.165, 1.54) is 11.7 Å². The number of alkyl halides is 3. The first kappa shape index (κ1) is 13.4. The van der Waals surface area contributed by atoms with E-state index < -0.39 is 11.9 Å². The molecular weight excluding hydrogens is 247 g/mol. The molecule has 1 N–H and O–H groups in total. The second kappa shape index (κ2) is 5.27. The van der Waals surface area contributed by atoms with Gasteiger partial charge in [0.25, 0.3) is 0 Å². The molecule has 1 aromatic heterocycles. The molecule has 2 heterocycles. The average molecular weight is 263 g/mol. The zero-order valence-corrected chi connectivity index (χ0v) is 10.1. The van der Waals surface area contributed by atoms with Crippen LogP contribution in [0, 0.1) is 0 Å². The van der Waals surface area contributed by atoms with Gasteiger partial charge in [-0.1, -0.05) is 0 Å². The Kier molecular flexibility index (Phi) is 3.91. The Morgan fingerprint density at radius 2 is 2.33 bits per heavy atom. The van der Waals surface area contributed by atoms with Crippen molar-refractivity contribution in [3.8, 4) is 0 Å². The van der Waals surface area contributed by atoms with Crippen LogP contribution in [-0.4, -0.2) is 29.0 Å². The molecule has 1 fully saturated rings. The summed E-state index contributed by atoms with van der Waals surface area (Å²) in [6.45, 7) is 1.79. The molecule has 2 rings (SSSR count). The van der Waals surface area contributed by atoms with E-state index >= 15 is 0 Å². The third-order valence-corrected chi connectivity index (χ3v) is 2.97. The molecule has 102 valence electrons. The van der Waals surface area contributed by atoms with Crippen LogP contribution in [0.2, 0.25) is 0 Å². The molecule has 0 aliphatic carbocycles. The Labute approximate surface area is 103 Å². The second-order valence-corrected chi connectivity index (χ2v) is 4.41. The minimum absolute atomic E-state index is 0.181. The fourth-order valence-electron chi connectivity index (χ4n) is 1.98. The van der Waals surface area contributed by atoms with E-state index in [-0.39, 0.29) is 6.10 Å². The van der Waals surface area contributed by atoms with E-state index in [4.69, 9.17) is 4.74 Å². The first-order valence-electron chi connectivity index (χ1n) is 5.89. The molecule has 1 saturated heterocycles. The number of aromatic nitrogens is 2. The molecule has 0 bridgehead atoms. The van der Waals surface area contributed by atoms with Crippen LogP contribution in [-0.2, 0) is 24.5 Å². The fraction of sp³-hybridized carbons (Fsp3) is 0.727. The summed E-state index contributed by atoms with van der Waals surface area (Å²) >= 11 is 0. The van der Waals surface area contributed by atoms with Crippen molar-refractivity contribution in [2.24, 2.45) is 7.05 Å². The number of rotatable bonds is 4. The third kappa shape index (κ3) is 3.23. The molecule has 1 atom stereocenters. The maximum atomic E-state index is 12.4. The van der Waals surface area contributed by atoms with Gasteiger partial charge in [0, 0.05) is 26.7 Å². The summed E-state index contributed by atoms with van der Waals surface area (Å²) < 4.78 is 44.0. The average Bonchev–Trinajstić information content (AvgIpc) is 2.88. The summed E-state index contributed by atoms with van der Waals surface area (Å²) in [7, 11) is 1.51. The molecule has 7 heteroatoms. The Bertz CT molecular complexity index is 397. The van der Waals surface area contributed by atoms with Crippen LogP contribution >= 0.6 is 0 Å². The first-order chi connectivity index (χ1) is 8.47. The predicted octanol–water partition coefficient (Wildman–Crippen LogP) is 1.71. The number of hydrogen-bond donors (Lipinski definition) is 1. The van der Waals surface area contributed by atoms with Crippen LogP contribution in [0.3, 0.4) is 0 Å². The Morgan fingerprint density at radius 1 is 1.56 bits per heavy atom. The van der Waals surface area contributed by atoms with Gasteiger partial charge in [-0.2, -0.15) is 18.3 Å². The maximum Gasteiger partial charge on any atom is 0.435 e. The van der Waals surface area contributed by atoms with E-state index in [9.17, 15) is 13.2 Å². The topological polar surface area (TPSA) is 39.1 Å². The third-order valence-electron chi connectivity index (χ3n) is 2.97. The van der Waals surface area contributed by atoms with Crippen molar-refractivity contribution in [3.05, 3.63) is 17.5 Å². The van der Waals surface area contributed by atoms with Crippen molar-refractivity contribution in [2.75, 3.05) is 13.2 Å². The molecule has 4 nitrogen and oxygen atoms in total. The number of nitrogens with one attached hydrogen (secondary N) is 1. The quantitative estimate of drug-likeness (QED) is 0.898. The molecule has 1 aromatic rings. The van der Waals surface area contributed by atoms with Gasteiger partial charge in [-0.05, 0) is 18.9 Å². The van der Waals surface area contributed by atoms with E-state index in [0.29, 0.717) is 18.8 Å². The summed E-state index contributed by atoms with van der Waals surface area (Å²) in [5.41, 5.74) is -0.334. The molecule has 0 aromatic carbocycles. The molecule has 0 amide bonds. The van der Waals surface area contributed by atoms with Crippen molar-refractivity contribution in [2.45, 2.75) is 31.7 Å². The van der Waals surface area contributed by atoms with Crippen LogP contribution < -0.4 is 5.32 Å². The molecule has 0 radical (unpaired) electrons. The molecule has 1 aliphatic rings. The van der Waals surface area contributed by atoms with Gasteiger partial charge in [0.05, 0.1) is 11.8 Å². The summed E-state index contributed by atoms with van der Waals surface area (Å²) in [5, 5.41) is 6.55. The predicted molar refractivity (Wildman–Crippen MR) is 58.9 cm³/mol. The summed E-state index contributed by atoms with van der Waals surface area (Å²) in [5.74, 6) is 0. The van der Waals surface area contributed by atoms with E-state index in [2.05, 4.69) is 10.4 Å². The maximum absolute atomic E-state index is 12.4. The van der Waals surface area contributed by atoms with E-state index in [1.807, 2.05) is 0 Å². The van der Waals surface area contributed by atoms with Crippen LogP contribution in [0.5, 0.6) is 0 Å². The molecular formula is C11H16F3N3O. The molecule has 0 unspecified atom stereocenters. The van der Waals surface area contributed by atoms with Gasteiger partial charge in [-0.3, -0.25) is 4.68 Å². The Morgan fingerprint density at radius 3 is 2.89 bits per heavy atom. The SMILES string of the molecule is Cn1nc(C(F)(F)F)cc1CNC[C@@H]1CCCO1. The van der Waals surface area contributed by atoms with Crippen molar-refractivity contribution >= 4 is 0 Å². The van der Waals surface area contributed by atoms with Gasteiger partial charge < -0.3 is 10.1 Å². The summed E-state index contributed by atoms with van der Waals surface area (Å²) in [6.07, 6.45) is -2.15. The van der Waals surface area contributed by atoms with Crippen LogP contribution in [0.4, 0.5) is 13.2 Å². The highest BCUT2D eigenvalue weighted by atomic mass is 19.4. The zero-order chi connectivity index (χ0) is 13.2. The molecule has 18 heavy (non-hydrogen) atoms. The Balaban J connectivity index is 1.87. The lowest BCUT2D eigenvalue weighted by molar-refractivity contribution is -0.141. The Hall–Kier alpha value is -1.08. The summed E-state index contributed by atoms with van der Waals surface area (Å²) in [6, 6.07) is 1.07. The number of nitrogens with zero attached hydrogens (tertiary/aromatic N) is 2. The molecule has 1 aliphatic heterocycles. The van der Waals surface area contributed by atoms with Crippen LogP contribution in [0.15, 0.2) is 6.07 Å². The van der Waals surface area contributed by atoms with Gasteiger partial charge in [-0.15, -0.1) is 0 Å². The van der Waals surface area contributed by atoms with Crippen molar-refractivity contribution in [3.63, 3.8) is 0 Å². The highest BCUT2D eigenvalue weighted by molar-refractivity contribution is 5.12. The summed E-state index contributed by atoms with van der Waals surface area (Å²) in [4.78, 5) is 0. The standard InChI is InChI=1S/C11H16F3N3O/c1-17-8(5-10(16-17)11(12,13)14)6-15-7-9-3-2-4-18-9/h5,9,15H,2-4,6-7H2,1H3/t9-/m0/s1. The lowest BCUT2D eigenvalue weighted by Gasteiger charge is -2.10. The molecule has 0 saturated carbocycles. The lowest BCUT2D eigenvalue weighted by Crippen LogP contribution is -2.26. The van der Waals surface area contributed by atoms with E-state index in [1.54, 1.807) is 0 Å². The highest BCUT2D eigenvalue weighted by Gasteiger charge is 2.34.